The smallest absolute Gasteiger partial charge is 0.339 e. The third-order valence-electron chi connectivity index (χ3n) is 2.70. The Morgan fingerprint density at radius 3 is 2.30 bits per heavy atom. The van der Waals surface area contributed by atoms with Crippen molar-refractivity contribution in [1.29, 1.82) is 0 Å². The molecule has 1 N–H and O–H groups in total. The van der Waals surface area contributed by atoms with Crippen LogP contribution in [0.25, 0.3) is 0 Å². The number of rotatable bonds is 4. The van der Waals surface area contributed by atoms with E-state index in [-0.39, 0.29) is 15.7 Å². The lowest BCUT2D eigenvalue weighted by molar-refractivity contribution is -0.119. The summed E-state index contributed by atoms with van der Waals surface area (Å²) in [6.45, 7) is -0.459. The summed E-state index contributed by atoms with van der Waals surface area (Å²) in [6.07, 6.45) is 0. The quantitative estimate of drug-likeness (QED) is 0.488. The highest BCUT2D eigenvalue weighted by atomic mass is 127. The predicted octanol–water partition coefficient (Wildman–Crippen LogP) is 5.05. The molecule has 0 atom stereocenters. The van der Waals surface area contributed by atoms with Crippen molar-refractivity contribution in [2.45, 2.75) is 0 Å². The number of halogens is 4. The summed E-state index contributed by atoms with van der Waals surface area (Å²) in [5.41, 5.74) is 0.608. The first-order valence-corrected chi connectivity index (χ1v) is 8.46. The van der Waals surface area contributed by atoms with E-state index in [4.69, 9.17) is 39.5 Å². The predicted molar refractivity (Wildman–Crippen MR) is 99.5 cm³/mol. The van der Waals surface area contributed by atoms with Crippen LogP contribution in [0, 0.1) is 3.57 Å². The molecule has 0 bridgehead atoms. The van der Waals surface area contributed by atoms with E-state index in [1.54, 1.807) is 24.3 Å². The van der Waals surface area contributed by atoms with Gasteiger partial charge in [-0.05, 0) is 46.9 Å². The van der Waals surface area contributed by atoms with Crippen LogP contribution in [-0.4, -0.2) is 18.5 Å². The highest BCUT2D eigenvalue weighted by Gasteiger charge is 2.15. The number of benzene rings is 2. The zero-order chi connectivity index (χ0) is 17.0. The van der Waals surface area contributed by atoms with Crippen LogP contribution < -0.4 is 5.32 Å². The van der Waals surface area contributed by atoms with E-state index in [0.717, 1.165) is 3.57 Å². The molecular weight excluding hydrogens is 475 g/mol. The van der Waals surface area contributed by atoms with Gasteiger partial charge in [-0.1, -0.05) is 46.9 Å². The molecule has 0 aromatic heterocycles. The van der Waals surface area contributed by atoms with E-state index in [9.17, 15) is 9.59 Å². The molecule has 0 heterocycles. The average Bonchev–Trinajstić information content (AvgIpc) is 2.49. The molecular formula is C15H9Cl3INO3. The summed E-state index contributed by atoms with van der Waals surface area (Å²) < 4.78 is 5.71. The topological polar surface area (TPSA) is 55.4 Å². The molecule has 4 nitrogen and oxygen atoms in total. The molecule has 120 valence electrons. The molecule has 0 radical (unpaired) electrons. The van der Waals surface area contributed by atoms with Gasteiger partial charge in [-0.15, -0.1) is 0 Å². The van der Waals surface area contributed by atoms with Gasteiger partial charge in [0.15, 0.2) is 6.61 Å². The first kappa shape index (κ1) is 18.3. The number of ether oxygens (including phenoxy) is 1. The van der Waals surface area contributed by atoms with Crippen molar-refractivity contribution in [1.82, 2.24) is 0 Å². The van der Waals surface area contributed by atoms with E-state index in [1.165, 1.54) is 12.1 Å². The Kier molecular flexibility index (Phi) is 6.52. The molecule has 0 aliphatic heterocycles. The lowest BCUT2D eigenvalue weighted by Crippen LogP contribution is -2.21. The first-order chi connectivity index (χ1) is 10.9. The van der Waals surface area contributed by atoms with Crippen molar-refractivity contribution < 1.29 is 14.3 Å². The number of carbonyl (C=O) groups excluding carboxylic acids is 2. The van der Waals surface area contributed by atoms with Gasteiger partial charge in [0.05, 0.1) is 21.3 Å². The van der Waals surface area contributed by atoms with Crippen molar-refractivity contribution in [3.05, 3.63) is 60.6 Å². The van der Waals surface area contributed by atoms with Gasteiger partial charge in [0.2, 0.25) is 0 Å². The van der Waals surface area contributed by atoms with Crippen molar-refractivity contribution in [2.75, 3.05) is 11.9 Å². The van der Waals surface area contributed by atoms with Crippen molar-refractivity contribution in [3.63, 3.8) is 0 Å². The lowest BCUT2D eigenvalue weighted by Gasteiger charge is -2.10. The fraction of sp³-hybridized carbons (Fsp3) is 0.0667. The number of carbonyl (C=O) groups is 2. The number of esters is 1. The van der Waals surface area contributed by atoms with E-state index in [2.05, 4.69) is 5.32 Å². The third kappa shape index (κ3) is 4.97. The van der Waals surface area contributed by atoms with Gasteiger partial charge in [0.1, 0.15) is 0 Å². The third-order valence-corrected chi connectivity index (χ3v) is 4.45. The molecule has 0 saturated carbocycles. The largest absolute Gasteiger partial charge is 0.452 e. The lowest BCUT2D eigenvalue weighted by atomic mass is 10.2. The highest BCUT2D eigenvalue weighted by molar-refractivity contribution is 14.1. The Hall–Kier alpha value is -1.02. The number of hydrogen-bond donors (Lipinski definition) is 1. The summed E-state index contributed by atoms with van der Waals surface area (Å²) in [7, 11) is 0. The summed E-state index contributed by atoms with van der Waals surface area (Å²) in [4.78, 5) is 23.8. The molecule has 2 rings (SSSR count). The van der Waals surface area contributed by atoms with Crippen LogP contribution in [0.5, 0.6) is 0 Å². The zero-order valence-corrected chi connectivity index (χ0v) is 15.8. The second kappa shape index (κ2) is 8.19. The molecule has 23 heavy (non-hydrogen) atoms. The summed E-state index contributed by atoms with van der Waals surface area (Å²) in [5, 5.41) is 3.23. The Bertz CT molecular complexity index is 744. The normalized spacial score (nSPS) is 10.3. The van der Waals surface area contributed by atoms with Gasteiger partial charge in [-0.25, -0.2) is 4.79 Å². The SMILES string of the molecule is O=C(COC(=O)c1ccccc1I)Nc1c(Cl)cc(Cl)cc1Cl. The van der Waals surface area contributed by atoms with Crippen molar-refractivity contribution >= 4 is 75.0 Å². The maximum Gasteiger partial charge on any atom is 0.339 e. The molecule has 0 spiro atoms. The first-order valence-electron chi connectivity index (χ1n) is 6.24. The molecule has 2 aromatic rings. The zero-order valence-electron chi connectivity index (χ0n) is 11.4. The Morgan fingerprint density at radius 1 is 1.09 bits per heavy atom. The van der Waals surface area contributed by atoms with Crippen molar-refractivity contribution in [2.24, 2.45) is 0 Å². The minimum Gasteiger partial charge on any atom is -0.452 e. The minimum absolute atomic E-state index is 0.194. The van der Waals surface area contributed by atoms with Crippen LogP contribution in [0.2, 0.25) is 15.1 Å². The van der Waals surface area contributed by atoms with E-state index in [0.29, 0.717) is 10.6 Å². The van der Waals surface area contributed by atoms with Crippen LogP contribution >= 0.6 is 57.4 Å². The van der Waals surface area contributed by atoms with Gasteiger partial charge < -0.3 is 10.1 Å². The standard InChI is InChI=1S/C15H9Cl3INO3/c16-8-5-10(17)14(11(18)6-8)20-13(21)7-23-15(22)9-3-1-2-4-12(9)19/h1-6H,7H2,(H,20,21). The van der Waals surface area contributed by atoms with E-state index >= 15 is 0 Å². The van der Waals surface area contributed by atoms with Crippen LogP contribution in [0.1, 0.15) is 10.4 Å². The highest BCUT2D eigenvalue weighted by Crippen LogP contribution is 2.33. The Morgan fingerprint density at radius 2 is 1.70 bits per heavy atom. The average molecular weight is 485 g/mol. The molecule has 2 aromatic carbocycles. The molecule has 1 amide bonds. The van der Waals surface area contributed by atoms with Crippen LogP contribution in [-0.2, 0) is 9.53 Å². The monoisotopic (exact) mass is 483 g/mol. The van der Waals surface area contributed by atoms with Gasteiger partial charge in [0, 0.05) is 8.59 Å². The summed E-state index contributed by atoms with van der Waals surface area (Å²) in [6, 6.07) is 9.80. The number of nitrogens with one attached hydrogen (secondary N) is 1. The molecule has 0 aliphatic rings. The Balaban J connectivity index is 1.99. The molecule has 0 aliphatic carbocycles. The summed E-state index contributed by atoms with van der Waals surface area (Å²) in [5.74, 6) is -1.14. The van der Waals surface area contributed by atoms with Gasteiger partial charge in [0.25, 0.3) is 5.91 Å². The van der Waals surface area contributed by atoms with E-state index in [1.807, 2.05) is 22.6 Å². The van der Waals surface area contributed by atoms with Crippen molar-refractivity contribution in [3.8, 4) is 0 Å². The molecule has 8 heteroatoms. The number of amides is 1. The molecule has 0 unspecified atom stereocenters. The maximum atomic E-state index is 11.9. The molecule has 0 fully saturated rings. The van der Waals surface area contributed by atoms with Crippen LogP contribution in [0.3, 0.4) is 0 Å². The maximum absolute atomic E-state index is 11.9. The van der Waals surface area contributed by atoms with E-state index < -0.39 is 18.5 Å². The second-order valence-corrected chi connectivity index (χ2v) is 6.76. The van der Waals surface area contributed by atoms with Gasteiger partial charge in [-0.3, -0.25) is 4.79 Å². The van der Waals surface area contributed by atoms with Crippen LogP contribution in [0.15, 0.2) is 36.4 Å². The fourth-order valence-electron chi connectivity index (χ4n) is 1.67. The van der Waals surface area contributed by atoms with Gasteiger partial charge in [-0.2, -0.15) is 0 Å². The minimum atomic E-state index is -0.585. The number of hydrogen-bond acceptors (Lipinski definition) is 3. The van der Waals surface area contributed by atoms with Crippen LogP contribution in [0.4, 0.5) is 5.69 Å². The fourth-order valence-corrected chi connectivity index (χ4v) is 3.19. The Labute approximate surface area is 161 Å². The summed E-state index contributed by atoms with van der Waals surface area (Å²) >= 11 is 19.7. The second-order valence-electron chi connectivity index (χ2n) is 4.35. The molecule has 0 saturated heterocycles. The van der Waals surface area contributed by atoms with Gasteiger partial charge >= 0.3 is 5.97 Å². The number of anilines is 1.